The summed E-state index contributed by atoms with van der Waals surface area (Å²) in [5.41, 5.74) is 0.924. The first-order valence-corrected chi connectivity index (χ1v) is 10.3. The second-order valence-electron chi connectivity index (χ2n) is 7.83. The number of nitrogens with zero attached hydrogens (tertiary/aromatic N) is 4. The molecule has 1 unspecified atom stereocenters. The molecule has 10 heteroatoms. The summed E-state index contributed by atoms with van der Waals surface area (Å²) in [6.07, 6.45) is -0.223. The maximum atomic E-state index is 12.6. The molecule has 0 radical (unpaired) electrons. The third-order valence-corrected chi connectivity index (χ3v) is 5.33. The lowest BCUT2D eigenvalue weighted by molar-refractivity contribution is -0.141. The second-order valence-corrected chi connectivity index (χ2v) is 7.83. The van der Waals surface area contributed by atoms with Gasteiger partial charge in [-0.2, -0.15) is 18.2 Å². The Morgan fingerprint density at radius 1 is 1.12 bits per heavy atom. The molecule has 0 saturated carbocycles. The van der Waals surface area contributed by atoms with Crippen molar-refractivity contribution in [3.63, 3.8) is 0 Å². The summed E-state index contributed by atoms with van der Waals surface area (Å²) in [7, 11) is 1.58. The van der Waals surface area contributed by atoms with E-state index in [1.807, 2.05) is 26.0 Å². The van der Waals surface area contributed by atoms with Crippen LogP contribution in [-0.4, -0.2) is 39.4 Å². The Kier molecular flexibility index (Phi) is 7.35. The molecule has 0 aromatic carbocycles. The molecule has 0 amide bonds. The Bertz CT molecular complexity index is 1150. The Morgan fingerprint density at radius 3 is 2.48 bits per heavy atom. The molecule has 0 bridgehead atoms. The minimum absolute atomic E-state index is 0.0637. The molecule has 3 aromatic rings. The van der Waals surface area contributed by atoms with Gasteiger partial charge in [0.1, 0.15) is 18.1 Å². The molecule has 3 aromatic heterocycles. The molecule has 176 valence electrons. The van der Waals surface area contributed by atoms with E-state index in [-0.39, 0.29) is 17.7 Å². The zero-order valence-corrected chi connectivity index (χ0v) is 18.8. The van der Waals surface area contributed by atoms with Crippen LogP contribution < -0.4 is 15.0 Å². The van der Waals surface area contributed by atoms with Crippen LogP contribution in [0.3, 0.4) is 0 Å². The fraction of sp³-hybridized carbons (Fsp3) is 0.391. The maximum absolute atomic E-state index is 12.6. The van der Waals surface area contributed by atoms with Crippen LogP contribution in [0.4, 0.5) is 13.2 Å². The number of pyridine rings is 2. The number of hydrogen-bond donors (Lipinski definition) is 0. The molecule has 0 N–H and O–H groups in total. The highest BCUT2D eigenvalue weighted by Crippen LogP contribution is 2.29. The van der Waals surface area contributed by atoms with Gasteiger partial charge in [-0.3, -0.25) is 9.78 Å². The van der Waals surface area contributed by atoms with Crippen LogP contribution in [0.15, 0.2) is 47.7 Å². The summed E-state index contributed by atoms with van der Waals surface area (Å²) < 4.78 is 49.7. The van der Waals surface area contributed by atoms with E-state index < -0.39 is 18.3 Å². The smallest absolute Gasteiger partial charge is 0.406 e. The first-order chi connectivity index (χ1) is 15.6. The van der Waals surface area contributed by atoms with Crippen molar-refractivity contribution in [2.45, 2.75) is 39.4 Å². The SMILES string of the molecule is COc1ccc(C(C)[C@H](C)COc2nc(C)ncc2-c2ccn(CC(F)(F)F)c(=O)c2)nc1. The first kappa shape index (κ1) is 24.2. The van der Waals surface area contributed by atoms with Gasteiger partial charge in [-0.1, -0.05) is 13.8 Å². The van der Waals surface area contributed by atoms with Crippen molar-refractivity contribution >= 4 is 0 Å². The van der Waals surface area contributed by atoms with Gasteiger partial charge in [0, 0.05) is 30.1 Å². The molecule has 0 aliphatic carbocycles. The van der Waals surface area contributed by atoms with Crippen molar-refractivity contribution in [1.29, 1.82) is 0 Å². The predicted octanol–water partition coefficient (Wildman–Crippen LogP) is 4.40. The summed E-state index contributed by atoms with van der Waals surface area (Å²) in [6.45, 7) is 4.71. The number of methoxy groups -OCH3 is 1. The standard InChI is InChI=1S/C23H25F3N4O3/c1-14(15(2)20-6-5-18(32-4)10-28-20)12-33-22-19(11-27-16(3)29-22)17-7-8-30(21(31)9-17)13-23(24,25)26/h5-11,14-15H,12-13H2,1-4H3/t14-,15?/m1/s1. The summed E-state index contributed by atoms with van der Waals surface area (Å²) in [6, 6.07) is 6.29. The molecule has 0 spiro atoms. The van der Waals surface area contributed by atoms with E-state index in [2.05, 4.69) is 15.0 Å². The Morgan fingerprint density at radius 2 is 1.88 bits per heavy atom. The molecular formula is C23H25F3N4O3. The van der Waals surface area contributed by atoms with E-state index in [0.717, 1.165) is 18.0 Å². The summed E-state index contributed by atoms with van der Waals surface area (Å²) in [4.78, 5) is 25.1. The topological polar surface area (TPSA) is 79.1 Å². The molecule has 7 nitrogen and oxygen atoms in total. The van der Waals surface area contributed by atoms with Crippen LogP contribution in [0.25, 0.3) is 11.1 Å². The first-order valence-electron chi connectivity index (χ1n) is 10.3. The minimum atomic E-state index is -4.49. The number of aromatic nitrogens is 4. The Hall–Kier alpha value is -3.43. The average Bonchev–Trinajstić information content (AvgIpc) is 2.77. The number of ether oxygens (including phenoxy) is 2. The lowest BCUT2D eigenvalue weighted by Gasteiger charge is -2.21. The molecule has 0 saturated heterocycles. The Labute approximate surface area is 189 Å². The zero-order chi connectivity index (χ0) is 24.2. The van der Waals surface area contributed by atoms with Gasteiger partial charge in [-0.15, -0.1) is 0 Å². The van der Waals surface area contributed by atoms with Crippen LogP contribution in [-0.2, 0) is 6.54 Å². The van der Waals surface area contributed by atoms with E-state index in [0.29, 0.717) is 33.9 Å². The zero-order valence-electron chi connectivity index (χ0n) is 18.8. The van der Waals surface area contributed by atoms with E-state index in [9.17, 15) is 18.0 Å². The summed E-state index contributed by atoms with van der Waals surface area (Å²) in [5.74, 6) is 1.55. The summed E-state index contributed by atoms with van der Waals surface area (Å²) >= 11 is 0. The number of hydrogen-bond acceptors (Lipinski definition) is 6. The van der Waals surface area contributed by atoms with Crippen molar-refractivity contribution in [1.82, 2.24) is 19.5 Å². The van der Waals surface area contributed by atoms with Crippen molar-refractivity contribution in [3.05, 3.63) is 64.7 Å². The molecule has 0 aliphatic rings. The number of aryl methyl sites for hydroxylation is 1. The fourth-order valence-electron chi connectivity index (χ4n) is 3.18. The van der Waals surface area contributed by atoms with E-state index in [4.69, 9.17) is 9.47 Å². The molecule has 3 heterocycles. The van der Waals surface area contributed by atoms with Crippen molar-refractivity contribution in [2.24, 2.45) is 5.92 Å². The van der Waals surface area contributed by atoms with E-state index in [1.54, 1.807) is 20.2 Å². The fourth-order valence-corrected chi connectivity index (χ4v) is 3.18. The van der Waals surface area contributed by atoms with Gasteiger partial charge in [-0.25, -0.2) is 4.98 Å². The highest BCUT2D eigenvalue weighted by atomic mass is 19.4. The van der Waals surface area contributed by atoms with Gasteiger partial charge >= 0.3 is 6.18 Å². The second kappa shape index (κ2) is 10.0. The predicted molar refractivity (Wildman–Crippen MR) is 116 cm³/mol. The normalized spacial score (nSPS) is 13.4. The molecular weight excluding hydrogens is 437 g/mol. The highest BCUT2D eigenvalue weighted by molar-refractivity contribution is 5.67. The molecule has 0 fully saturated rings. The van der Waals surface area contributed by atoms with Gasteiger partial charge in [0.05, 0.1) is 25.5 Å². The quantitative estimate of drug-likeness (QED) is 0.494. The average molecular weight is 462 g/mol. The van der Waals surface area contributed by atoms with Gasteiger partial charge in [-0.05, 0) is 36.6 Å². The number of halogens is 3. The highest BCUT2D eigenvalue weighted by Gasteiger charge is 2.28. The van der Waals surface area contributed by atoms with Gasteiger partial charge < -0.3 is 14.0 Å². The van der Waals surface area contributed by atoms with Gasteiger partial charge in [0.15, 0.2) is 0 Å². The van der Waals surface area contributed by atoms with E-state index >= 15 is 0 Å². The number of rotatable bonds is 8. The lowest BCUT2D eigenvalue weighted by Crippen LogP contribution is -2.27. The van der Waals surface area contributed by atoms with Crippen molar-refractivity contribution < 1.29 is 22.6 Å². The monoisotopic (exact) mass is 462 g/mol. The lowest BCUT2D eigenvalue weighted by atomic mass is 9.93. The third kappa shape index (κ3) is 6.30. The molecule has 2 atom stereocenters. The summed E-state index contributed by atoms with van der Waals surface area (Å²) in [5, 5.41) is 0. The minimum Gasteiger partial charge on any atom is -0.495 e. The molecule has 3 rings (SSSR count). The van der Waals surface area contributed by atoms with Crippen LogP contribution >= 0.6 is 0 Å². The number of alkyl halides is 3. The third-order valence-electron chi connectivity index (χ3n) is 5.33. The van der Waals surface area contributed by atoms with Crippen LogP contribution in [0.2, 0.25) is 0 Å². The van der Waals surface area contributed by atoms with Gasteiger partial charge in [0.25, 0.3) is 5.56 Å². The van der Waals surface area contributed by atoms with Crippen LogP contribution in [0, 0.1) is 12.8 Å². The largest absolute Gasteiger partial charge is 0.495 e. The van der Waals surface area contributed by atoms with Crippen LogP contribution in [0.5, 0.6) is 11.6 Å². The Balaban J connectivity index is 1.78. The van der Waals surface area contributed by atoms with Crippen molar-refractivity contribution in [2.75, 3.05) is 13.7 Å². The van der Waals surface area contributed by atoms with Crippen molar-refractivity contribution in [3.8, 4) is 22.8 Å². The van der Waals surface area contributed by atoms with E-state index in [1.165, 1.54) is 12.3 Å². The maximum Gasteiger partial charge on any atom is 0.406 e. The van der Waals surface area contributed by atoms with Crippen LogP contribution in [0.1, 0.15) is 31.3 Å². The molecule has 0 aliphatic heterocycles. The molecule has 33 heavy (non-hydrogen) atoms. The van der Waals surface area contributed by atoms with Gasteiger partial charge in [0.2, 0.25) is 5.88 Å².